The molecule has 2 aromatic carbocycles. The van der Waals surface area contributed by atoms with E-state index in [1.165, 1.54) is 107 Å². The van der Waals surface area contributed by atoms with Gasteiger partial charge in [0.2, 0.25) is 0 Å². The van der Waals surface area contributed by atoms with Crippen LogP contribution in [0.3, 0.4) is 0 Å². The standard InChI is InChI=1S/C27H44O2.C23H27OP.C18H32O/c1-18(2)8-6-9-19(3)24-13-14-25-21(10-7-15-27(24,25)5)11-12-22-16-23(28)17-26(29)20(22)4;1-18-16-19(2)20(3)21(17-18)14-15-25(24,22-10-6-4-7-11-22)23-12-8-5-9-13-23;1-13(2)7-5-8-14(3)15-10-11-16-17(19)9-6-12-18(15,16)4/h11-12,18-19,23-26,28-29H,4,6-10,13-17H2,1-3,5H3;4-14,18-19H,3,15-17H2,1-2H3;13-16H,5-12H2,1-4H3/b21-11+,22-12-;21-14-;/t19-,23+,24-,25?,26+,27-;18-,19+;14-,15-,16?,18-/m111/s1. The van der Waals surface area contributed by atoms with Gasteiger partial charge in [0, 0.05) is 35.5 Å². The van der Waals surface area contributed by atoms with Gasteiger partial charge < -0.3 is 14.8 Å². The van der Waals surface area contributed by atoms with Gasteiger partial charge in [-0.3, -0.25) is 4.79 Å². The first-order valence-corrected chi connectivity index (χ1v) is 31.6. The van der Waals surface area contributed by atoms with Gasteiger partial charge in [0.05, 0.1) is 12.2 Å². The molecule has 6 fully saturated rings. The fourth-order valence-corrected chi connectivity index (χ4v) is 18.0. The summed E-state index contributed by atoms with van der Waals surface area (Å²) in [6.07, 6.45) is 30.0. The third-order valence-corrected chi connectivity index (χ3v) is 22.7. The molecule has 12 atom stereocenters. The van der Waals surface area contributed by atoms with Crippen LogP contribution in [-0.4, -0.2) is 34.4 Å². The van der Waals surface area contributed by atoms with Crippen LogP contribution >= 0.6 is 7.14 Å². The highest BCUT2D eigenvalue weighted by Gasteiger charge is 2.52. The van der Waals surface area contributed by atoms with Gasteiger partial charge in [-0.1, -0.05) is 205 Å². The van der Waals surface area contributed by atoms with E-state index in [4.69, 9.17) is 0 Å². The number of rotatable bonds is 15. The van der Waals surface area contributed by atoms with E-state index < -0.39 is 19.3 Å². The highest BCUT2D eigenvalue weighted by Crippen LogP contribution is 2.60. The number of carbonyl (C=O) groups excluding carboxylic acids is 1. The smallest absolute Gasteiger partial charge is 0.146 e. The second-order valence-corrected chi connectivity index (χ2v) is 29.0. The van der Waals surface area contributed by atoms with E-state index >= 15 is 0 Å². The minimum absolute atomic E-state index is 0.340. The lowest BCUT2D eigenvalue weighted by Crippen LogP contribution is -2.39. The highest BCUT2D eigenvalue weighted by molar-refractivity contribution is 7.78. The minimum atomic E-state index is -2.67. The second kappa shape index (κ2) is 26.8. The van der Waals surface area contributed by atoms with Crippen LogP contribution in [0.4, 0.5) is 0 Å². The molecule has 0 amide bonds. The minimum Gasteiger partial charge on any atom is -0.393 e. The first-order chi connectivity index (χ1) is 34.7. The molecule has 73 heavy (non-hydrogen) atoms. The summed E-state index contributed by atoms with van der Waals surface area (Å²) in [6.45, 7) is 32.2. The normalized spacial score (nSPS) is 33.0. The van der Waals surface area contributed by atoms with Gasteiger partial charge in [0.15, 0.2) is 0 Å². The molecule has 6 aliphatic carbocycles. The zero-order valence-corrected chi connectivity index (χ0v) is 48.7. The number of fused-ring (bicyclic) bond motifs is 2. The van der Waals surface area contributed by atoms with Crippen LogP contribution in [0, 0.1) is 70.0 Å². The van der Waals surface area contributed by atoms with Crippen molar-refractivity contribution in [1.29, 1.82) is 0 Å². The van der Waals surface area contributed by atoms with Crippen LogP contribution in [0.5, 0.6) is 0 Å². The van der Waals surface area contributed by atoms with Gasteiger partial charge in [-0.05, 0) is 163 Å². The SMILES string of the molecule is C=C1/C(=C\C=C2/CCC[C@@]3(C)C2CC[C@@H]3[C@H](C)CCCC(C)C)C[C@H](O)C[C@@H]1O.C=C1/C(=C\CP(=O)(c2ccccc2)c2ccccc2)C[C@H](C)C[C@@H]1C.CC(C)CCC[C@@H](C)[C@H]1CCC2C(=O)CCC[C@@]21C. The molecule has 0 spiro atoms. The van der Waals surface area contributed by atoms with Crippen molar-refractivity contribution < 1.29 is 19.6 Å². The monoisotopic (exact) mass is 1010 g/mol. The van der Waals surface area contributed by atoms with E-state index in [9.17, 15) is 19.6 Å². The number of aliphatic hydroxyl groups excluding tert-OH is 2. The van der Waals surface area contributed by atoms with Gasteiger partial charge in [0.1, 0.15) is 12.9 Å². The molecule has 404 valence electrons. The van der Waals surface area contributed by atoms with Crippen LogP contribution in [0.15, 0.2) is 120 Å². The van der Waals surface area contributed by atoms with E-state index in [1.54, 1.807) is 5.57 Å². The molecule has 2 unspecified atom stereocenters. The molecule has 5 heteroatoms. The van der Waals surface area contributed by atoms with E-state index in [0.29, 0.717) is 59.3 Å². The lowest BCUT2D eigenvalue weighted by atomic mass is 9.60. The fraction of sp³-hybridized carbons (Fsp3) is 0.662. The number of benzene rings is 2. The highest BCUT2D eigenvalue weighted by atomic mass is 31.2. The van der Waals surface area contributed by atoms with Crippen molar-refractivity contribution in [2.24, 2.45) is 70.0 Å². The topological polar surface area (TPSA) is 74.6 Å². The molecule has 6 saturated carbocycles. The van der Waals surface area contributed by atoms with Crippen molar-refractivity contribution in [1.82, 2.24) is 0 Å². The average molecular weight is 1020 g/mol. The first kappa shape index (κ1) is 59.2. The molecule has 0 aliphatic heterocycles. The van der Waals surface area contributed by atoms with E-state index in [0.717, 1.165) is 76.5 Å². The lowest BCUT2D eigenvalue weighted by Gasteiger charge is -2.44. The van der Waals surface area contributed by atoms with E-state index in [-0.39, 0.29) is 0 Å². The predicted molar refractivity (Wildman–Crippen MR) is 313 cm³/mol. The fourth-order valence-electron chi connectivity index (χ4n) is 15.5. The van der Waals surface area contributed by atoms with Crippen LogP contribution in [0.2, 0.25) is 0 Å². The summed E-state index contributed by atoms with van der Waals surface area (Å²) < 4.78 is 14.1. The Kier molecular flexibility index (Phi) is 21.8. The molecule has 6 aliphatic rings. The van der Waals surface area contributed by atoms with Crippen molar-refractivity contribution in [3.63, 3.8) is 0 Å². The Balaban J connectivity index is 0.000000182. The summed E-state index contributed by atoms with van der Waals surface area (Å²) in [7, 11) is -2.67. The Morgan fingerprint density at radius 3 is 1.73 bits per heavy atom. The predicted octanol–water partition coefficient (Wildman–Crippen LogP) is 17.4. The lowest BCUT2D eigenvalue weighted by molar-refractivity contribution is -0.130. The maximum atomic E-state index is 14.1. The average Bonchev–Trinajstić information content (AvgIpc) is 3.91. The molecular formula is C68H103O4P. The Morgan fingerprint density at radius 1 is 0.658 bits per heavy atom. The molecular weight excluding hydrogens is 912 g/mol. The Bertz CT molecular complexity index is 2210. The summed E-state index contributed by atoms with van der Waals surface area (Å²) in [6, 6.07) is 19.8. The van der Waals surface area contributed by atoms with E-state index in [2.05, 4.69) is 101 Å². The molecule has 2 N–H and O–H groups in total. The van der Waals surface area contributed by atoms with Gasteiger partial charge in [-0.15, -0.1) is 0 Å². The van der Waals surface area contributed by atoms with E-state index in [1.807, 2.05) is 60.7 Å². The number of carbonyl (C=O) groups is 1. The summed E-state index contributed by atoms with van der Waals surface area (Å²) in [5, 5.41) is 22.0. The number of ketones is 1. The van der Waals surface area contributed by atoms with Crippen molar-refractivity contribution >= 4 is 23.5 Å². The second-order valence-electron chi connectivity index (χ2n) is 26.1. The van der Waals surface area contributed by atoms with Gasteiger partial charge >= 0.3 is 0 Å². The molecule has 0 heterocycles. The Labute approximate surface area is 446 Å². The summed E-state index contributed by atoms with van der Waals surface area (Å²) in [5.41, 5.74) is 6.76. The maximum Gasteiger partial charge on any atom is 0.146 e. The summed E-state index contributed by atoms with van der Waals surface area (Å²) in [5.74, 6) is 7.79. The maximum absolute atomic E-state index is 14.1. The number of hydrogen-bond donors (Lipinski definition) is 2. The third-order valence-electron chi connectivity index (χ3n) is 19.8. The quantitative estimate of drug-likeness (QED) is 0.174. The van der Waals surface area contributed by atoms with Gasteiger partial charge in [0.25, 0.3) is 0 Å². The van der Waals surface area contributed by atoms with Crippen LogP contribution < -0.4 is 10.6 Å². The first-order valence-electron chi connectivity index (χ1n) is 29.7. The zero-order valence-electron chi connectivity index (χ0n) is 47.9. The molecule has 0 saturated heterocycles. The number of allylic oxidation sites excluding steroid dienone is 6. The number of Topliss-reactive ketones (excluding diaryl/α,β-unsaturated/α-hetero) is 1. The Morgan fingerprint density at radius 2 is 1.18 bits per heavy atom. The van der Waals surface area contributed by atoms with Crippen molar-refractivity contribution in [2.75, 3.05) is 6.16 Å². The van der Waals surface area contributed by atoms with Crippen LogP contribution in [0.1, 0.15) is 198 Å². The van der Waals surface area contributed by atoms with Crippen LogP contribution in [-0.2, 0) is 9.36 Å². The third kappa shape index (κ3) is 14.9. The van der Waals surface area contributed by atoms with Crippen molar-refractivity contribution in [2.45, 2.75) is 210 Å². The molecule has 2 aromatic rings. The zero-order chi connectivity index (χ0) is 53.1. The summed E-state index contributed by atoms with van der Waals surface area (Å²) >= 11 is 0. The molecule has 0 radical (unpaired) electrons. The largest absolute Gasteiger partial charge is 0.393 e. The van der Waals surface area contributed by atoms with Gasteiger partial charge in [-0.25, -0.2) is 0 Å². The van der Waals surface area contributed by atoms with Crippen molar-refractivity contribution in [3.8, 4) is 0 Å². The summed E-state index contributed by atoms with van der Waals surface area (Å²) in [4.78, 5) is 12.2. The molecule has 0 bridgehead atoms. The number of hydrogen-bond acceptors (Lipinski definition) is 4. The molecule has 0 aromatic heterocycles. The molecule has 8 rings (SSSR count). The number of aliphatic hydroxyl groups is 2. The van der Waals surface area contributed by atoms with Crippen molar-refractivity contribution in [3.05, 3.63) is 120 Å². The van der Waals surface area contributed by atoms with Crippen LogP contribution in [0.25, 0.3) is 0 Å². The molecule has 4 nitrogen and oxygen atoms in total. The van der Waals surface area contributed by atoms with Gasteiger partial charge in [-0.2, -0.15) is 0 Å². The Hall–Kier alpha value is -3.04.